The van der Waals surface area contributed by atoms with Crippen LogP contribution in [0.15, 0.2) is 41.0 Å². The van der Waals surface area contributed by atoms with E-state index >= 15 is 0 Å². The van der Waals surface area contributed by atoms with E-state index in [0.717, 1.165) is 12.1 Å². The SMILES string of the molecule is O=Cc1cc(-c2ccc(C(F)(F)F)cc2)co1. The summed E-state index contributed by atoms with van der Waals surface area (Å²) in [5.41, 5.74) is 0.427. The van der Waals surface area contributed by atoms with E-state index in [0.29, 0.717) is 17.4 Å². The average Bonchev–Trinajstić information content (AvgIpc) is 2.76. The van der Waals surface area contributed by atoms with Crippen molar-refractivity contribution in [2.45, 2.75) is 6.18 Å². The molecule has 0 unspecified atom stereocenters. The van der Waals surface area contributed by atoms with Crippen molar-refractivity contribution in [1.82, 2.24) is 0 Å². The summed E-state index contributed by atoms with van der Waals surface area (Å²) in [6.07, 6.45) is -2.48. The van der Waals surface area contributed by atoms with E-state index in [1.54, 1.807) is 0 Å². The first-order chi connectivity index (χ1) is 8.00. The molecule has 0 bridgehead atoms. The van der Waals surface area contributed by atoms with Crippen LogP contribution in [-0.2, 0) is 6.18 Å². The lowest BCUT2D eigenvalue weighted by Crippen LogP contribution is -2.03. The van der Waals surface area contributed by atoms with Crippen molar-refractivity contribution in [3.63, 3.8) is 0 Å². The third-order valence-corrected chi connectivity index (χ3v) is 2.28. The van der Waals surface area contributed by atoms with Crippen LogP contribution in [0.5, 0.6) is 0 Å². The Labute approximate surface area is 94.7 Å². The molecule has 0 fully saturated rings. The van der Waals surface area contributed by atoms with Gasteiger partial charge in [0.1, 0.15) is 0 Å². The molecule has 17 heavy (non-hydrogen) atoms. The molecule has 2 aromatic rings. The molecule has 2 nitrogen and oxygen atoms in total. The molecule has 5 heteroatoms. The Morgan fingerprint density at radius 2 is 1.71 bits per heavy atom. The fourth-order valence-corrected chi connectivity index (χ4v) is 1.42. The van der Waals surface area contributed by atoms with Gasteiger partial charge < -0.3 is 4.42 Å². The Hall–Kier alpha value is -2.04. The molecule has 1 aromatic carbocycles. The number of rotatable bonds is 2. The van der Waals surface area contributed by atoms with Crippen LogP contribution in [0.25, 0.3) is 11.1 Å². The summed E-state index contributed by atoms with van der Waals surface area (Å²) in [6.45, 7) is 0. The minimum Gasteiger partial charge on any atom is -0.461 e. The molecule has 0 aliphatic carbocycles. The Balaban J connectivity index is 2.32. The maximum atomic E-state index is 12.3. The smallest absolute Gasteiger partial charge is 0.416 e. The Morgan fingerprint density at radius 1 is 1.06 bits per heavy atom. The summed E-state index contributed by atoms with van der Waals surface area (Å²) in [5.74, 6) is 0.139. The number of benzene rings is 1. The van der Waals surface area contributed by atoms with Gasteiger partial charge in [-0.2, -0.15) is 13.2 Å². The highest BCUT2D eigenvalue weighted by molar-refractivity contribution is 5.75. The number of alkyl halides is 3. The fraction of sp³-hybridized carbons (Fsp3) is 0.0833. The van der Waals surface area contributed by atoms with Gasteiger partial charge >= 0.3 is 6.18 Å². The van der Waals surface area contributed by atoms with Gasteiger partial charge in [-0.3, -0.25) is 4.79 Å². The van der Waals surface area contributed by atoms with Crippen molar-refractivity contribution in [1.29, 1.82) is 0 Å². The second-order valence-corrected chi connectivity index (χ2v) is 3.43. The quantitative estimate of drug-likeness (QED) is 0.748. The van der Waals surface area contributed by atoms with E-state index in [9.17, 15) is 18.0 Å². The number of carbonyl (C=O) groups is 1. The Kier molecular flexibility index (Phi) is 2.75. The second-order valence-electron chi connectivity index (χ2n) is 3.43. The number of aldehydes is 1. The molecule has 0 saturated carbocycles. The highest BCUT2D eigenvalue weighted by Gasteiger charge is 2.29. The third kappa shape index (κ3) is 2.38. The fourth-order valence-electron chi connectivity index (χ4n) is 1.42. The lowest BCUT2D eigenvalue weighted by atomic mass is 10.1. The largest absolute Gasteiger partial charge is 0.461 e. The Morgan fingerprint density at radius 3 is 2.18 bits per heavy atom. The number of hydrogen-bond donors (Lipinski definition) is 0. The molecule has 0 aliphatic heterocycles. The summed E-state index contributed by atoms with van der Waals surface area (Å²) in [6, 6.07) is 6.12. The predicted molar refractivity (Wildman–Crippen MR) is 54.5 cm³/mol. The van der Waals surface area contributed by atoms with E-state index in [2.05, 4.69) is 0 Å². The first kappa shape index (κ1) is 11.4. The van der Waals surface area contributed by atoms with Crippen LogP contribution in [0.3, 0.4) is 0 Å². The number of furan rings is 1. The van der Waals surface area contributed by atoms with Crippen LogP contribution in [0.2, 0.25) is 0 Å². The number of halogens is 3. The van der Waals surface area contributed by atoms with Crippen LogP contribution in [-0.4, -0.2) is 6.29 Å². The van der Waals surface area contributed by atoms with Gasteiger partial charge in [0.05, 0.1) is 11.8 Å². The highest BCUT2D eigenvalue weighted by Crippen LogP contribution is 2.31. The maximum absolute atomic E-state index is 12.3. The standard InChI is InChI=1S/C12H7F3O2/c13-12(14,15)10-3-1-8(2-4-10)9-5-11(6-16)17-7-9/h1-7H. The maximum Gasteiger partial charge on any atom is 0.416 e. The van der Waals surface area contributed by atoms with Gasteiger partial charge in [0.25, 0.3) is 0 Å². The van der Waals surface area contributed by atoms with Crippen molar-refractivity contribution in [2.75, 3.05) is 0 Å². The van der Waals surface area contributed by atoms with E-state index < -0.39 is 11.7 Å². The molecule has 2 rings (SSSR count). The molecule has 1 aromatic heterocycles. The molecule has 0 atom stereocenters. The molecule has 0 N–H and O–H groups in total. The zero-order valence-corrected chi connectivity index (χ0v) is 8.49. The highest BCUT2D eigenvalue weighted by atomic mass is 19.4. The first-order valence-electron chi connectivity index (χ1n) is 4.72. The molecule has 0 radical (unpaired) electrons. The average molecular weight is 240 g/mol. The minimum atomic E-state index is -4.34. The van der Waals surface area contributed by atoms with Gasteiger partial charge in [0.15, 0.2) is 12.0 Å². The van der Waals surface area contributed by atoms with Crippen LogP contribution in [0, 0.1) is 0 Å². The lowest BCUT2D eigenvalue weighted by Gasteiger charge is -2.06. The van der Waals surface area contributed by atoms with Gasteiger partial charge in [-0.25, -0.2) is 0 Å². The van der Waals surface area contributed by atoms with Crippen LogP contribution < -0.4 is 0 Å². The summed E-state index contributed by atoms with van der Waals surface area (Å²) in [7, 11) is 0. The molecule has 0 aliphatic rings. The van der Waals surface area contributed by atoms with Gasteiger partial charge in [-0.15, -0.1) is 0 Å². The molecule has 1 heterocycles. The van der Waals surface area contributed by atoms with Gasteiger partial charge in [-0.05, 0) is 23.8 Å². The van der Waals surface area contributed by atoms with Crippen molar-refractivity contribution in [3.8, 4) is 11.1 Å². The van der Waals surface area contributed by atoms with Crippen LogP contribution in [0.1, 0.15) is 16.1 Å². The third-order valence-electron chi connectivity index (χ3n) is 2.28. The monoisotopic (exact) mass is 240 g/mol. The lowest BCUT2D eigenvalue weighted by molar-refractivity contribution is -0.137. The van der Waals surface area contributed by atoms with E-state index in [4.69, 9.17) is 4.42 Å². The van der Waals surface area contributed by atoms with Crippen molar-refractivity contribution < 1.29 is 22.4 Å². The summed E-state index contributed by atoms with van der Waals surface area (Å²) < 4.78 is 41.8. The minimum absolute atomic E-state index is 0.139. The summed E-state index contributed by atoms with van der Waals surface area (Å²) in [4.78, 5) is 10.4. The van der Waals surface area contributed by atoms with Gasteiger partial charge in [0, 0.05) is 5.56 Å². The number of carbonyl (C=O) groups excluding carboxylic acids is 1. The molecule has 0 saturated heterocycles. The molecule has 0 amide bonds. The summed E-state index contributed by atoms with van der Waals surface area (Å²) >= 11 is 0. The molecular weight excluding hydrogens is 233 g/mol. The molecule has 0 spiro atoms. The van der Waals surface area contributed by atoms with E-state index in [1.807, 2.05) is 0 Å². The zero-order chi connectivity index (χ0) is 12.5. The summed E-state index contributed by atoms with van der Waals surface area (Å²) in [5, 5.41) is 0. The van der Waals surface area contributed by atoms with Crippen molar-refractivity contribution in [3.05, 3.63) is 47.9 Å². The van der Waals surface area contributed by atoms with E-state index in [1.165, 1.54) is 24.5 Å². The molecule has 88 valence electrons. The predicted octanol–water partition coefficient (Wildman–Crippen LogP) is 3.78. The van der Waals surface area contributed by atoms with Gasteiger partial charge in [-0.1, -0.05) is 12.1 Å². The van der Waals surface area contributed by atoms with E-state index in [-0.39, 0.29) is 5.76 Å². The van der Waals surface area contributed by atoms with Crippen molar-refractivity contribution in [2.24, 2.45) is 0 Å². The zero-order valence-electron chi connectivity index (χ0n) is 8.49. The van der Waals surface area contributed by atoms with Crippen molar-refractivity contribution >= 4 is 6.29 Å². The normalized spacial score (nSPS) is 11.5. The Bertz CT molecular complexity index is 523. The van der Waals surface area contributed by atoms with Crippen LogP contribution >= 0.6 is 0 Å². The van der Waals surface area contributed by atoms with Gasteiger partial charge in [0.2, 0.25) is 0 Å². The first-order valence-corrected chi connectivity index (χ1v) is 4.72. The topological polar surface area (TPSA) is 30.2 Å². The molecular formula is C12H7F3O2. The van der Waals surface area contributed by atoms with Crippen LogP contribution in [0.4, 0.5) is 13.2 Å². The second kappa shape index (κ2) is 4.08. The number of hydrogen-bond acceptors (Lipinski definition) is 2.